The maximum Gasteiger partial charge on any atom is 0.412 e. The number of carboxylic acid groups (broad SMARTS) is 1. The average Bonchev–Trinajstić information content (AvgIpc) is 3.51. The number of carboxylic acids is 1. The quantitative estimate of drug-likeness (QED) is 0.509. The zero-order valence-corrected chi connectivity index (χ0v) is 18.2. The van der Waals surface area contributed by atoms with Crippen molar-refractivity contribution in [2.75, 3.05) is 18.5 Å². The number of nitrogens with one attached hydrogen (secondary N) is 2. The minimum absolute atomic E-state index is 0.0663. The predicted octanol–water partition coefficient (Wildman–Crippen LogP) is 3.71. The van der Waals surface area contributed by atoms with Crippen LogP contribution < -0.4 is 5.32 Å². The molecule has 3 aromatic rings. The first-order chi connectivity index (χ1) is 16.7. The van der Waals surface area contributed by atoms with Gasteiger partial charge in [-0.3, -0.25) is 15.2 Å². The van der Waals surface area contributed by atoms with Gasteiger partial charge in [0.25, 0.3) is 11.8 Å². The van der Waals surface area contributed by atoms with Gasteiger partial charge in [-0.2, -0.15) is 5.10 Å². The molecule has 1 fully saturated rings. The molecule has 0 radical (unpaired) electrons. The summed E-state index contributed by atoms with van der Waals surface area (Å²) < 4.78 is 32.8. The van der Waals surface area contributed by atoms with Gasteiger partial charge in [0, 0.05) is 18.4 Å². The molecule has 0 unspecified atom stereocenters. The summed E-state index contributed by atoms with van der Waals surface area (Å²) in [6, 6.07) is 15.2. The third kappa shape index (κ3) is 4.20. The molecule has 3 N–H and O–H groups in total. The molecule has 2 amide bonds. The number of halogens is 2. The van der Waals surface area contributed by atoms with Crippen molar-refractivity contribution in [3.05, 3.63) is 71.4 Å². The van der Waals surface area contributed by atoms with E-state index in [-0.39, 0.29) is 24.0 Å². The summed E-state index contributed by atoms with van der Waals surface area (Å²) in [5.74, 6) is -5.99. The first kappa shape index (κ1) is 22.5. The Balaban J connectivity index is 1.23. The van der Waals surface area contributed by atoms with Gasteiger partial charge in [-0.1, -0.05) is 48.5 Å². The van der Waals surface area contributed by atoms with E-state index < -0.39 is 42.9 Å². The smallest absolute Gasteiger partial charge is 0.412 e. The number of H-pyrrole nitrogens is 1. The summed E-state index contributed by atoms with van der Waals surface area (Å²) in [6.45, 7) is -0.948. The van der Waals surface area contributed by atoms with Crippen LogP contribution in [0.2, 0.25) is 0 Å². The summed E-state index contributed by atoms with van der Waals surface area (Å²) in [6.07, 6.45) is -1.78. The van der Waals surface area contributed by atoms with Crippen LogP contribution in [-0.2, 0) is 9.53 Å². The number of aliphatic carboxylic acids is 1. The number of nitrogens with zero attached hydrogens (tertiary/aromatic N) is 2. The Hall–Kier alpha value is -4.28. The Bertz CT molecular complexity index is 1280. The van der Waals surface area contributed by atoms with Gasteiger partial charge in [0.2, 0.25) is 0 Å². The van der Waals surface area contributed by atoms with Crippen LogP contribution in [0.3, 0.4) is 0 Å². The Morgan fingerprint density at radius 3 is 2.37 bits per heavy atom. The van der Waals surface area contributed by atoms with Crippen LogP contribution in [0.4, 0.5) is 19.4 Å². The molecule has 1 aromatic heterocycles. The third-order valence-electron chi connectivity index (χ3n) is 6.20. The number of rotatable bonds is 5. The van der Waals surface area contributed by atoms with Crippen molar-refractivity contribution in [3.8, 4) is 11.1 Å². The predicted molar refractivity (Wildman–Crippen MR) is 119 cm³/mol. The molecule has 2 aliphatic rings. The summed E-state index contributed by atoms with van der Waals surface area (Å²) >= 11 is 0. The maximum absolute atomic E-state index is 13.7. The molecule has 180 valence electrons. The number of fused-ring (bicyclic) bond motifs is 3. The fourth-order valence-corrected chi connectivity index (χ4v) is 4.64. The number of hydrogen-bond acceptors (Lipinski definition) is 5. The van der Waals surface area contributed by atoms with E-state index in [2.05, 4.69) is 15.5 Å². The zero-order valence-electron chi connectivity index (χ0n) is 18.2. The van der Waals surface area contributed by atoms with Gasteiger partial charge in [0.05, 0.1) is 6.54 Å². The van der Waals surface area contributed by atoms with Crippen molar-refractivity contribution >= 4 is 23.8 Å². The van der Waals surface area contributed by atoms with Crippen LogP contribution in [0.15, 0.2) is 54.6 Å². The summed E-state index contributed by atoms with van der Waals surface area (Å²) in [5, 5.41) is 17.7. The summed E-state index contributed by atoms with van der Waals surface area (Å²) in [7, 11) is 0. The highest BCUT2D eigenvalue weighted by molar-refractivity contribution is 5.97. The number of benzene rings is 2. The van der Waals surface area contributed by atoms with Gasteiger partial charge in [-0.15, -0.1) is 0 Å². The normalized spacial score (nSPS) is 18.1. The molecular formula is C24H20F2N4O5. The highest BCUT2D eigenvalue weighted by Gasteiger charge is 2.50. The van der Waals surface area contributed by atoms with Gasteiger partial charge in [0.15, 0.2) is 5.82 Å². The first-order valence-electron chi connectivity index (χ1n) is 10.8. The SMILES string of the molecule is O=C(Nc1cc(C(=O)N2CC(F)(F)C[C@@H]2C(=O)O)[nH]n1)OCC1c2ccccc2-c2ccccc21. The summed E-state index contributed by atoms with van der Waals surface area (Å²) in [4.78, 5) is 36.9. The van der Waals surface area contributed by atoms with E-state index in [0.717, 1.165) is 28.3 Å². The number of likely N-dealkylation sites (tertiary alicyclic amines) is 1. The van der Waals surface area contributed by atoms with E-state index in [1.807, 2.05) is 48.5 Å². The number of ether oxygens (including phenoxy) is 1. The lowest BCUT2D eigenvalue weighted by atomic mass is 9.98. The third-order valence-corrected chi connectivity index (χ3v) is 6.20. The van der Waals surface area contributed by atoms with Crippen LogP contribution >= 0.6 is 0 Å². The number of anilines is 1. The number of alkyl halides is 2. The van der Waals surface area contributed by atoms with Crippen LogP contribution in [-0.4, -0.2) is 63.3 Å². The first-order valence-corrected chi connectivity index (χ1v) is 10.8. The van der Waals surface area contributed by atoms with E-state index in [9.17, 15) is 28.3 Å². The van der Waals surface area contributed by atoms with E-state index in [0.29, 0.717) is 4.90 Å². The molecule has 9 nitrogen and oxygen atoms in total. The van der Waals surface area contributed by atoms with E-state index >= 15 is 0 Å². The van der Waals surface area contributed by atoms with E-state index in [1.54, 1.807) is 0 Å². The van der Waals surface area contributed by atoms with Crippen LogP contribution in [0.25, 0.3) is 11.1 Å². The highest BCUT2D eigenvalue weighted by Crippen LogP contribution is 2.44. The topological polar surface area (TPSA) is 125 Å². The monoisotopic (exact) mass is 482 g/mol. The fraction of sp³-hybridized carbons (Fsp3) is 0.250. The number of amides is 2. The molecule has 0 saturated carbocycles. The number of aromatic nitrogens is 2. The number of aromatic amines is 1. The van der Waals surface area contributed by atoms with Gasteiger partial charge >= 0.3 is 12.1 Å². The van der Waals surface area contributed by atoms with Gasteiger partial charge < -0.3 is 14.7 Å². The molecule has 11 heteroatoms. The molecular weight excluding hydrogens is 462 g/mol. The average molecular weight is 482 g/mol. The largest absolute Gasteiger partial charge is 0.480 e. The van der Waals surface area contributed by atoms with Crippen molar-refractivity contribution in [2.24, 2.45) is 0 Å². The van der Waals surface area contributed by atoms with Gasteiger partial charge in [-0.25, -0.2) is 18.4 Å². The van der Waals surface area contributed by atoms with Crippen molar-refractivity contribution < 1.29 is 33.0 Å². The van der Waals surface area contributed by atoms with Crippen LogP contribution in [0.1, 0.15) is 34.0 Å². The molecule has 0 bridgehead atoms. The van der Waals surface area contributed by atoms with E-state index in [1.165, 1.54) is 0 Å². The molecule has 2 heterocycles. The number of carbonyl (C=O) groups excluding carboxylic acids is 2. The lowest BCUT2D eigenvalue weighted by Gasteiger charge is -2.19. The molecule has 1 aliphatic heterocycles. The second kappa shape index (κ2) is 8.49. The highest BCUT2D eigenvalue weighted by atomic mass is 19.3. The van der Waals surface area contributed by atoms with Crippen molar-refractivity contribution in [1.29, 1.82) is 0 Å². The molecule has 1 saturated heterocycles. The second-order valence-corrected chi connectivity index (χ2v) is 8.46. The minimum Gasteiger partial charge on any atom is -0.480 e. The second-order valence-electron chi connectivity index (χ2n) is 8.46. The minimum atomic E-state index is -3.30. The fourth-order valence-electron chi connectivity index (χ4n) is 4.64. The number of carbonyl (C=O) groups is 3. The standard InChI is InChI=1S/C24H20F2N4O5/c25-24(26)10-19(22(32)33)30(12-24)21(31)18-9-20(29-28-18)27-23(34)35-11-17-15-7-3-1-5-13(15)14-6-2-4-8-16(14)17/h1-9,17,19H,10-12H2,(H,32,33)(H2,27,28,29,34)/t19-/m1/s1. The molecule has 2 aromatic carbocycles. The Labute approximate surface area is 197 Å². The summed E-state index contributed by atoms with van der Waals surface area (Å²) in [5.41, 5.74) is 4.02. The van der Waals surface area contributed by atoms with Gasteiger partial charge in [-0.05, 0) is 22.3 Å². The maximum atomic E-state index is 13.7. The zero-order chi connectivity index (χ0) is 24.7. The Morgan fingerprint density at radius 2 is 1.74 bits per heavy atom. The molecule has 35 heavy (non-hydrogen) atoms. The van der Waals surface area contributed by atoms with Gasteiger partial charge in [0.1, 0.15) is 18.3 Å². The Kier molecular flexibility index (Phi) is 5.46. The van der Waals surface area contributed by atoms with Crippen LogP contribution in [0, 0.1) is 0 Å². The lowest BCUT2D eigenvalue weighted by Crippen LogP contribution is -2.40. The van der Waals surface area contributed by atoms with Crippen molar-refractivity contribution in [3.63, 3.8) is 0 Å². The molecule has 1 atom stereocenters. The van der Waals surface area contributed by atoms with E-state index in [4.69, 9.17) is 4.74 Å². The lowest BCUT2D eigenvalue weighted by molar-refractivity contribution is -0.141. The van der Waals surface area contributed by atoms with Crippen molar-refractivity contribution in [2.45, 2.75) is 24.3 Å². The number of hydrogen-bond donors (Lipinski definition) is 3. The molecule has 0 spiro atoms. The molecule has 1 aliphatic carbocycles. The van der Waals surface area contributed by atoms with Crippen LogP contribution in [0.5, 0.6) is 0 Å². The van der Waals surface area contributed by atoms with Crippen molar-refractivity contribution in [1.82, 2.24) is 15.1 Å². The molecule has 5 rings (SSSR count). The Morgan fingerprint density at radius 1 is 1.11 bits per heavy atom.